The van der Waals surface area contributed by atoms with Gasteiger partial charge in [0.25, 0.3) is 0 Å². The van der Waals surface area contributed by atoms with E-state index in [9.17, 15) is 5.11 Å². The van der Waals surface area contributed by atoms with E-state index in [4.69, 9.17) is 4.74 Å². The van der Waals surface area contributed by atoms with Crippen molar-refractivity contribution < 1.29 is 9.84 Å². The maximum atomic E-state index is 10.1. The monoisotopic (exact) mass is 201 g/mol. The van der Waals surface area contributed by atoms with E-state index in [1.165, 1.54) is 12.8 Å². The lowest BCUT2D eigenvalue weighted by atomic mass is 10.2. The van der Waals surface area contributed by atoms with Crippen LogP contribution in [0.15, 0.2) is 0 Å². The number of hydrogen-bond donors (Lipinski definition) is 1. The lowest BCUT2D eigenvalue weighted by Crippen LogP contribution is -2.48. The zero-order chi connectivity index (χ0) is 10.6. The molecule has 0 saturated carbocycles. The third-order valence-corrected chi connectivity index (χ3v) is 2.61. The van der Waals surface area contributed by atoms with E-state index in [1.54, 1.807) is 0 Å². The van der Waals surface area contributed by atoms with Crippen molar-refractivity contribution in [2.45, 2.75) is 39.3 Å². The maximum absolute atomic E-state index is 10.1. The fraction of sp³-hybridized carbons (Fsp3) is 1.00. The second kappa shape index (κ2) is 5.10. The van der Waals surface area contributed by atoms with Gasteiger partial charge in [0.2, 0.25) is 0 Å². The summed E-state index contributed by atoms with van der Waals surface area (Å²) in [4.78, 5) is 2.10. The lowest BCUT2D eigenvalue weighted by Gasteiger charge is -2.33. The summed E-state index contributed by atoms with van der Waals surface area (Å²) in [6.45, 7) is 9.22. The van der Waals surface area contributed by atoms with Crippen molar-refractivity contribution in [3.05, 3.63) is 0 Å². The minimum atomic E-state index is -0.772. The first-order valence-corrected chi connectivity index (χ1v) is 5.57. The Morgan fingerprint density at radius 2 is 1.93 bits per heavy atom. The fourth-order valence-electron chi connectivity index (χ4n) is 1.78. The second-order valence-electron chi connectivity index (χ2n) is 4.82. The molecule has 3 heteroatoms. The molecule has 1 saturated heterocycles. The zero-order valence-electron chi connectivity index (χ0n) is 9.62. The molecule has 1 rings (SSSR count). The van der Waals surface area contributed by atoms with Gasteiger partial charge in [-0.2, -0.15) is 0 Å². The van der Waals surface area contributed by atoms with E-state index in [-0.39, 0.29) is 0 Å². The molecule has 1 aliphatic heterocycles. The van der Waals surface area contributed by atoms with Crippen LogP contribution in [0, 0.1) is 5.92 Å². The highest BCUT2D eigenvalue weighted by atomic mass is 16.5. The van der Waals surface area contributed by atoms with Crippen LogP contribution in [0.2, 0.25) is 0 Å². The molecular weight excluding hydrogens is 178 g/mol. The standard InChI is InChI=1S/C11H23NO2/c1-10(2)8-14-9-11(3,13)12-6-4-5-7-12/h10,13H,4-9H2,1-3H3/t11-/m1/s1. The first-order valence-electron chi connectivity index (χ1n) is 5.57. The van der Waals surface area contributed by atoms with E-state index < -0.39 is 5.72 Å². The van der Waals surface area contributed by atoms with Gasteiger partial charge in [-0.15, -0.1) is 0 Å². The van der Waals surface area contributed by atoms with Crippen molar-refractivity contribution in [3.8, 4) is 0 Å². The van der Waals surface area contributed by atoms with Crippen molar-refractivity contribution in [2.75, 3.05) is 26.3 Å². The molecule has 0 aliphatic carbocycles. The number of nitrogens with zero attached hydrogens (tertiary/aromatic N) is 1. The Balaban J connectivity index is 2.25. The summed E-state index contributed by atoms with van der Waals surface area (Å²) in [6.07, 6.45) is 2.39. The van der Waals surface area contributed by atoms with Gasteiger partial charge in [-0.25, -0.2) is 0 Å². The van der Waals surface area contributed by atoms with Crippen molar-refractivity contribution in [2.24, 2.45) is 5.92 Å². The van der Waals surface area contributed by atoms with Crippen LogP contribution in [0.4, 0.5) is 0 Å². The molecule has 3 nitrogen and oxygen atoms in total. The summed E-state index contributed by atoms with van der Waals surface area (Å²) in [5.41, 5.74) is -0.772. The van der Waals surface area contributed by atoms with E-state index in [2.05, 4.69) is 18.7 Å². The Hall–Kier alpha value is -0.120. The van der Waals surface area contributed by atoms with Crippen LogP contribution in [0.5, 0.6) is 0 Å². The van der Waals surface area contributed by atoms with E-state index >= 15 is 0 Å². The molecule has 1 atom stereocenters. The smallest absolute Gasteiger partial charge is 0.139 e. The van der Waals surface area contributed by atoms with Gasteiger partial charge in [0.15, 0.2) is 0 Å². The Morgan fingerprint density at radius 1 is 1.36 bits per heavy atom. The summed E-state index contributed by atoms with van der Waals surface area (Å²) >= 11 is 0. The molecule has 84 valence electrons. The van der Waals surface area contributed by atoms with Crippen LogP contribution in [0.3, 0.4) is 0 Å². The molecule has 1 fully saturated rings. The topological polar surface area (TPSA) is 32.7 Å². The molecule has 0 aromatic rings. The lowest BCUT2D eigenvalue weighted by molar-refractivity contribution is -0.134. The average molecular weight is 201 g/mol. The maximum Gasteiger partial charge on any atom is 0.139 e. The van der Waals surface area contributed by atoms with Crippen molar-refractivity contribution in [3.63, 3.8) is 0 Å². The minimum Gasteiger partial charge on any atom is -0.377 e. The highest BCUT2D eigenvalue weighted by Gasteiger charge is 2.31. The van der Waals surface area contributed by atoms with Crippen molar-refractivity contribution >= 4 is 0 Å². The minimum absolute atomic E-state index is 0.422. The van der Waals surface area contributed by atoms with Crippen LogP contribution < -0.4 is 0 Å². The van der Waals surface area contributed by atoms with Gasteiger partial charge in [-0.1, -0.05) is 13.8 Å². The Kier molecular flexibility index (Phi) is 4.35. The largest absolute Gasteiger partial charge is 0.377 e. The predicted octanol–water partition coefficient (Wildman–Crippen LogP) is 1.46. The number of ether oxygens (including phenoxy) is 1. The molecular formula is C11H23NO2. The molecule has 0 spiro atoms. The average Bonchev–Trinajstić information content (AvgIpc) is 2.54. The summed E-state index contributed by atoms with van der Waals surface area (Å²) in [6, 6.07) is 0. The van der Waals surface area contributed by atoms with E-state index in [0.29, 0.717) is 12.5 Å². The molecule has 1 N–H and O–H groups in total. The summed E-state index contributed by atoms with van der Waals surface area (Å²) < 4.78 is 5.48. The first-order chi connectivity index (χ1) is 6.52. The van der Waals surface area contributed by atoms with Gasteiger partial charge in [-0.05, 0) is 25.7 Å². The third-order valence-electron chi connectivity index (χ3n) is 2.61. The van der Waals surface area contributed by atoms with Crippen LogP contribution in [0.1, 0.15) is 33.6 Å². The van der Waals surface area contributed by atoms with Crippen LogP contribution >= 0.6 is 0 Å². The zero-order valence-corrected chi connectivity index (χ0v) is 9.62. The normalized spacial score (nSPS) is 22.9. The molecule has 0 unspecified atom stereocenters. The number of rotatable bonds is 5. The molecule has 0 bridgehead atoms. The Morgan fingerprint density at radius 3 is 2.43 bits per heavy atom. The molecule has 1 aliphatic rings. The van der Waals surface area contributed by atoms with Crippen LogP contribution in [-0.2, 0) is 4.74 Å². The molecule has 0 aromatic heterocycles. The third kappa shape index (κ3) is 3.56. The number of hydrogen-bond acceptors (Lipinski definition) is 3. The Bertz CT molecular complexity index is 163. The summed E-state index contributed by atoms with van der Waals surface area (Å²) in [5.74, 6) is 0.532. The number of aliphatic hydroxyl groups is 1. The van der Waals surface area contributed by atoms with Gasteiger partial charge in [0, 0.05) is 19.7 Å². The summed E-state index contributed by atoms with van der Waals surface area (Å²) in [5, 5.41) is 10.1. The Labute approximate surface area is 87.1 Å². The van der Waals surface area contributed by atoms with Gasteiger partial charge in [0.1, 0.15) is 5.72 Å². The van der Waals surface area contributed by atoms with Gasteiger partial charge < -0.3 is 9.84 Å². The van der Waals surface area contributed by atoms with Crippen LogP contribution in [-0.4, -0.2) is 42.0 Å². The van der Waals surface area contributed by atoms with Gasteiger partial charge in [0.05, 0.1) is 6.61 Å². The second-order valence-corrected chi connectivity index (χ2v) is 4.82. The van der Waals surface area contributed by atoms with Crippen molar-refractivity contribution in [1.29, 1.82) is 0 Å². The predicted molar refractivity (Wildman–Crippen MR) is 57.1 cm³/mol. The highest BCUT2D eigenvalue weighted by molar-refractivity contribution is 4.78. The molecule has 14 heavy (non-hydrogen) atoms. The van der Waals surface area contributed by atoms with Crippen molar-refractivity contribution in [1.82, 2.24) is 4.90 Å². The SMILES string of the molecule is CC(C)COC[C@@](C)(O)N1CCCC1. The summed E-state index contributed by atoms with van der Waals surface area (Å²) in [7, 11) is 0. The number of likely N-dealkylation sites (tertiary alicyclic amines) is 1. The van der Waals surface area contributed by atoms with Gasteiger partial charge in [-0.3, -0.25) is 4.90 Å². The van der Waals surface area contributed by atoms with E-state index in [1.807, 2.05) is 6.92 Å². The highest BCUT2D eigenvalue weighted by Crippen LogP contribution is 2.19. The molecule has 0 amide bonds. The molecule has 0 radical (unpaired) electrons. The van der Waals surface area contributed by atoms with Gasteiger partial charge >= 0.3 is 0 Å². The fourth-order valence-corrected chi connectivity index (χ4v) is 1.78. The molecule has 0 aromatic carbocycles. The first kappa shape index (κ1) is 12.0. The van der Waals surface area contributed by atoms with E-state index in [0.717, 1.165) is 19.7 Å². The quantitative estimate of drug-likeness (QED) is 0.731. The van der Waals surface area contributed by atoms with Crippen LogP contribution in [0.25, 0.3) is 0 Å². The molecule has 1 heterocycles.